The first kappa shape index (κ1) is 21.7. The van der Waals surface area contributed by atoms with Gasteiger partial charge in [0, 0.05) is 39.4 Å². The zero-order valence-electron chi connectivity index (χ0n) is 16.5. The van der Waals surface area contributed by atoms with E-state index in [4.69, 9.17) is 0 Å². The van der Waals surface area contributed by atoms with E-state index < -0.39 is 0 Å². The van der Waals surface area contributed by atoms with Gasteiger partial charge in [-0.3, -0.25) is 9.67 Å². The van der Waals surface area contributed by atoms with Crippen LogP contribution in [0.5, 0.6) is 0 Å². The zero-order valence-corrected chi connectivity index (χ0v) is 18.8. The van der Waals surface area contributed by atoms with Crippen LogP contribution in [0, 0.1) is 12.8 Å². The van der Waals surface area contributed by atoms with Crippen molar-refractivity contribution in [2.24, 2.45) is 10.9 Å². The minimum atomic E-state index is 0. The van der Waals surface area contributed by atoms with Crippen LogP contribution in [0.4, 0.5) is 0 Å². The number of aliphatic imine (C=N–C) groups is 1. The second-order valence-electron chi connectivity index (χ2n) is 7.23. The number of aryl methyl sites for hydroxylation is 2. The average Bonchev–Trinajstić information content (AvgIpc) is 3.09. The molecule has 0 bridgehead atoms. The van der Waals surface area contributed by atoms with E-state index in [1.807, 2.05) is 17.9 Å². The largest absolute Gasteiger partial charge is 0.356 e. The number of hydrogen-bond donors (Lipinski definition) is 1. The summed E-state index contributed by atoms with van der Waals surface area (Å²) >= 11 is 0. The van der Waals surface area contributed by atoms with Crippen molar-refractivity contribution in [2.45, 2.75) is 39.2 Å². The summed E-state index contributed by atoms with van der Waals surface area (Å²) in [5.41, 5.74) is 2.68. The number of guanidine groups is 1. The van der Waals surface area contributed by atoms with Crippen LogP contribution in [0.2, 0.25) is 0 Å². The topological polar surface area (TPSA) is 45.5 Å². The molecule has 27 heavy (non-hydrogen) atoms. The molecular formula is C21H32IN5. The molecule has 1 N–H and O–H groups in total. The van der Waals surface area contributed by atoms with Crippen LogP contribution in [0.15, 0.2) is 47.7 Å². The van der Waals surface area contributed by atoms with Crippen molar-refractivity contribution in [2.75, 3.05) is 26.7 Å². The molecule has 0 atom stereocenters. The number of aromatic nitrogens is 2. The summed E-state index contributed by atoms with van der Waals surface area (Å²) in [5, 5.41) is 7.85. The van der Waals surface area contributed by atoms with Gasteiger partial charge in [0.15, 0.2) is 5.96 Å². The molecule has 0 amide bonds. The molecular weight excluding hydrogens is 449 g/mol. The van der Waals surface area contributed by atoms with Gasteiger partial charge in [-0.15, -0.1) is 24.0 Å². The second-order valence-corrected chi connectivity index (χ2v) is 7.23. The van der Waals surface area contributed by atoms with E-state index in [1.165, 1.54) is 30.4 Å². The molecule has 1 aliphatic heterocycles. The van der Waals surface area contributed by atoms with Gasteiger partial charge in [0.05, 0.1) is 6.20 Å². The maximum absolute atomic E-state index is 4.48. The van der Waals surface area contributed by atoms with Crippen LogP contribution in [-0.4, -0.2) is 47.3 Å². The maximum Gasteiger partial charge on any atom is 0.193 e. The summed E-state index contributed by atoms with van der Waals surface area (Å²) < 4.78 is 2.01. The lowest BCUT2D eigenvalue weighted by Crippen LogP contribution is -2.46. The van der Waals surface area contributed by atoms with E-state index in [2.05, 4.69) is 63.8 Å². The van der Waals surface area contributed by atoms with Gasteiger partial charge in [0.1, 0.15) is 0 Å². The number of hydrogen-bond acceptors (Lipinski definition) is 2. The number of piperidine rings is 1. The summed E-state index contributed by atoms with van der Waals surface area (Å²) in [6.07, 6.45) is 8.72. The molecule has 0 aliphatic carbocycles. The van der Waals surface area contributed by atoms with Crippen LogP contribution in [0.3, 0.4) is 0 Å². The highest BCUT2D eigenvalue weighted by Gasteiger charge is 2.21. The SMILES string of the molecule is CN=C(NCCCn1cc(C)cn1)N1CCC(Cc2ccccc2)CC1.I. The fourth-order valence-corrected chi connectivity index (χ4v) is 3.66. The third-order valence-electron chi connectivity index (χ3n) is 5.10. The first-order chi connectivity index (χ1) is 12.7. The molecule has 0 saturated carbocycles. The number of benzene rings is 1. The van der Waals surface area contributed by atoms with Crippen molar-refractivity contribution in [1.82, 2.24) is 20.0 Å². The van der Waals surface area contributed by atoms with E-state index in [-0.39, 0.29) is 24.0 Å². The Morgan fingerprint density at radius 1 is 1.22 bits per heavy atom. The average molecular weight is 481 g/mol. The van der Waals surface area contributed by atoms with Gasteiger partial charge in [-0.1, -0.05) is 30.3 Å². The predicted molar refractivity (Wildman–Crippen MR) is 123 cm³/mol. The molecule has 5 nitrogen and oxygen atoms in total. The Bertz CT molecular complexity index is 690. The van der Waals surface area contributed by atoms with Crippen LogP contribution < -0.4 is 5.32 Å². The predicted octanol–water partition coefficient (Wildman–Crippen LogP) is 3.73. The van der Waals surface area contributed by atoms with Crippen LogP contribution in [-0.2, 0) is 13.0 Å². The first-order valence-electron chi connectivity index (χ1n) is 9.73. The molecule has 3 rings (SSSR count). The summed E-state index contributed by atoms with van der Waals surface area (Å²) in [6.45, 7) is 6.13. The maximum atomic E-state index is 4.48. The van der Waals surface area contributed by atoms with Crippen LogP contribution >= 0.6 is 24.0 Å². The minimum absolute atomic E-state index is 0. The Balaban J connectivity index is 0.00000261. The van der Waals surface area contributed by atoms with Crippen molar-refractivity contribution in [1.29, 1.82) is 0 Å². The molecule has 1 aromatic heterocycles. The molecule has 0 spiro atoms. The first-order valence-corrected chi connectivity index (χ1v) is 9.73. The molecule has 0 radical (unpaired) electrons. The van der Waals surface area contributed by atoms with Gasteiger partial charge in [0.2, 0.25) is 0 Å². The van der Waals surface area contributed by atoms with Gasteiger partial charge < -0.3 is 10.2 Å². The van der Waals surface area contributed by atoms with Crippen molar-refractivity contribution >= 4 is 29.9 Å². The Kier molecular flexibility index (Phi) is 9.10. The van der Waals surface area contributed by atoms with Crippen molar-refractivity contribution in [3.8, 4) is 0 Å². The lowest BCUT2D eigenvalue weighted by atomic mass is 9.90. The zero-order chi connectivity index (χ0) is 18.2. The quantitative estimate of drug-likeness (QED) is 0.296. The third kappa shape index (κ3) is 6.83. The Morgan fingerprint density at radius 2 is 1.96 bits per heavy atom. The highest BCUT2D eigenvalue weighted by atomic mass is 127. The van der Waals surface area contributed by atoms with E-state index in [1.54, 1.807) is 0 Å². The molecule has 1 aromatic carbocycles. The monoisotopic (exact) mass is 481 g/mol. The second kappa shape index (κ2) is 11.3. The fraction of sp³-hybridized carbons (Fsp3) is 0.524. The molecule has 1 aliphatic rings. The van der Waals surface area contributed by atoms with E-state index in [0.717, 1.165) is 44.5 Å². The summed E-state index contributed by atoms with van der Waals surface area (Å²) in [4.78, 5) is 6.88. The molecule has 1 saturated heterocycles. The minimum Gasteiger partial charge on any atom is -0.356 e. The molecule has 0 unspecified atom stereocenters. The number of rotatable bonds is 6. The van der Waals surface area contributed by atoms with Gasteiger partial charge in [-0.2, -0.15) is 5.10 Å². The van der Waals surface area contributed by atoms with Gasteiger partial charge >= 0.3 is 0 Å². The summed E-state index contributed by atoms with van der Waals surface area (Å²) in [5.74, 6) is 1.83. The van der Waals surface area contributed by atoms with E-state index in [0.29, 0.717) is 0 Å². The molecule has 2 aromatic rings. The Labute approximate surface area is 180 Å². The van der Waals surface area contributed by atoms with Gasteiger partial charge in [0.25, 0.3) is 0 Å². The van der Waals surface area contributed by atoms with Crippen molar-refractivity contribution in [3.05, 3.63) is 53.9 Å². The Hall–Kier alpha value is -1.57. The van der Waals surface area contributed by atoms with E-state index in [9.17, 15) is 0 Å². The number of nitrogens with one attached hydrogen (secondary N) is 1. The highest BCUT2D eigenvalue weighted by Crippen LogP contribution is 2.21. The molecule has 148 valence electrons. The molecule has 6 heteroatoms. The normalized spacial score (nSPS) is 15.5. The highest BCUT2D eigenvalue weighted by molar-refractivity contribution is 14.0. The molecule has 2 heterocycles. The number of likely N-dealkylation sites (tertiary alicyclic amines) is 1. The van der Waals surface area contributed by atoms with E-state index >= 15 is 0 Å². The van der Waals surface area contributed by atoms with Crippen molar-refractivity contribution in [3.63, 3.8) is 0 Å². The van der Waals surface area contributed by atoms with Crippen LogP contribution in [0.1, 0.15) is 30.4 Å². The molecule has 1 fully saturated rings. The summed E-state index contributed by atoms with van der Waals surface area (Å²) in [7, 11) is 1.88. The van der Waals surface area contributed by atoms with Crippen molar-refractivity contribution < 1.29 is 0 Å². The number of halogens is 1. The lowest BCUT2D eigenvalue weighted by molar-refractivity contribution is 0.259. The third-order valence-corrected chi connectivity index (χ3v) is 5.10. The standard InChI is InChI=1S/C21H31N5.HI/c1-18-16-24-26(17-18)12-6-11-23-21(22-2)25-13-9-20(10-14-25)15-19-7-4-3-5-8-19;/h3-5,7-8,16-17,20H,6,9-15H2,1-2H3,(H,22,23);1H. The van der Waals surface area contributed by atoms with Crippen LogP contribution in [0.25, 0.3) is 0 Å². The fourth-order valence-electron chi connectivity index (χ4n) is 3.66. The number of nitrogens with zero attached hydrogens (tertiary/aromatic N) is 4. The smallest absolute Gasteiger partial charge is 0.193 e. The van der Waals surface area contributed by atoms with Gasteiger partial charge in [-0.25, -0.2) is 0 Å². The Morgan fingerprint density at radius 3 is 2.59 bits per heavy atom. The lowest BCUT2D eigenvalue weighted by Gasteiger charge is -2.34. The summed E-state index contributed by atoms with van der Waals surface area (Å²) in [6, 6.07) is 10.9. The van der Waals surface area contributed by atoms with Gasteiger partial charge in [-0.05, 0) is 49.7 Å².